The van der Waals surface area contributed by atoms with Gasteiger partial charge in [0.2, 0.25) is 0 Å². The standard InChI is InChI=1S/C28H27Cl2FN4O3/c1-34(20-9-7-18(29)8-10-20)28(37)22-15-19(30)16-24(38-2)25(22)33-27(36)21-11-6-17(14-23(21)31)26(32)35-12-4-3-5-13-35/h6-11,14-16,32H,3-5,12-13H2,1-2H3,(H,33,36). The normalized spacial score (nSPS) is 13.1. The molecule has 1 heterocycles. The fourth-order valence-electron chi connectivity index (χ4n) is 4.33. The summed E-state index contributed by atoms with van der Waals surface area (Å²) in [6.07, 6.45) is 3.09. The van der Waals surface area contributed by atoms with Crippen LogP contribution in [0.1, 0.15) is 45.5 Å². The molecule has 1 aliphatic heterocycles. The SMILES string of the molecule is COc1cc(Cl)cc(C(=O)N(C)c2ccc(Cl)cc2)c1NC(=O)c1ccc(C(=N)N2CCCCC2)cc1F. The Morgan fingerprint density at radius 3 is 2.29 bits per heavy atom. The van der Waals surface area contributed by atoms with E-state index in [0.29, 0.717) is 16.3 Å². The van der Waals surface area contributed by atoms with Gasteiger partial charge in [-0.15, -0.1) is 0 Å². The van der Waals surface area contributed by atoms with Crippen LogP contribution in [0.3, 0.4) is 0 Å². The number of hydrogen-bond acceptors (Lipinski definition) is 4. The molecule has 2 amide bonds. The van der Waals surface area contributed by atoms with Crippen molar-refractivity contribution in [2.75, 3.05) is 37.5 Å². The van der Waals surface area contributed by atoms with Crippen LogP contribution in [0.4, 0.5) is 15.8 Å². The van der Waals surface area contributed by atoms with Crippen LogP contribution in [0.5, 0.6) is 5.75 Å². The Balaban J connectivity index is 1.62. The number of amides is 2. The van der Waals surface area contributed by atoms with Crippen LogP contribution in [0.25, 0.3) is 0 Å². The highest BCUT2D eigenvalue weighted by Crippen LogP contribution is 2.34. The molecular weight excluding hydrogens is 530 g/mol. The molecule has 0 aliphatic carbocycles. The molecule has 7 nitrogen and oxygen atoms in total. The molecule has 3 aromatic rings. The van der Waals surface area contributed by atoms with Crippen molar-refractivity contribution in [3.8, 4) is 5.75 Å². The topological polar surface area (TPSA) is 85.7 Å². The minimum atomic E-state index is -0.777. The summed E-state index contributed by atoms with van der Waals surface area (Å²) in [6.45, 7) is 1.50. The number of halogens is 3. The minimum Gasteiger partial charge on any atom is -0.494 e. The van der Waals surface area contributed by atoms with Gasteiger partial charge in [0.25, 0.3) is 11.8 Å². The fourth-order valence-corrected chi connectivity index (χ4v) is 4.66. The largest absolute Gasteiger partial charge is 0.494 e. The summed E-state index contributed by atoms with van der Waals surface area (Å²) in [5, 5.41) is 11.8. The summed E-state index contributed by atoms with van der Waals surface area (Å²) in [4.78, 5) is 29.9. The molecule has 0 unspecified atom stereocenters. The van der Waals surface area contributed by atoms with Gasteiger partial charge >= 0.3 is 0 Å². The van der Waals surface area contributed by atoms with Gasteiger partial charge in [0.05, 0.1) is 23.9 Å². The zero-order chi connectivity index (χ0) is 27.4. The van der Waals surface area contributed by atoms with E-state index in [4.69, 9.17) is 33.3 Å². The highest BCUT2D eigenvalue weighted by atomic mass is 35.5. The van der Waals surface area contributed by atoms with Gasteiger partial charge < -0.3 is 19.9 Å². The van der Waals surface area contributed by atoms with Gasteiger partial charge in [0.1, 0.15) is 17.4 Å². The maximum atomic E-state index is 15.1. The average Bonchev–Trinajstić information content (AvgIpc) is 2.93. The summed E-state index contributed by atoms with van der Waals surface area (Å²) in [5.74, 6) is -1.66. The number of methoxy groups -OCH3 is 1. The quantitative estimate of drug-likeness (QED) is 0.268. The zero-order valence-corrected chi connectivity index (χ0v) is 22.5. The first kappa shape index (κ1) is 27.4. The number of nitrogens with zero attached hydrogens (tertiary/aromatic N) is 2. The maximum absolute atomic E-state index is 15.1. The Bertz CT molecular complexity index is 1380. The first-order valence-electron chi connectivity index (χ1n) is 12.1. The van der Waals surface area contributed by atoms with E-state index in [0.717, 1.165) is 32.4 Å². The number of likely N-dealkylation sites (tertiary alicyclic amines) is 1. The van der Waals surface area contributed by atoms with E-state index < -0.39 is 17.6 Å². The number of benzene rings is 3. The second-order valence-electron chi connectivity index (χ2n) is 8.92. The lowest BCUT2D eigenvalue weighted by atomic mass is 10.1. The molecule has 3 aromatic carbocycles. The van der Waals surface area contributed by atoms with Crippen LogP contribution in [0, 0.1) is 11.2 Å². The monoisotopic (exact) mass is 556 g/mol. The molecule has 10 heteroatoms. The number of carbonyl (C=O) groups excluding carboxylic acids is 2. The predicted molar refractivity (Wildman–Crippen MR) is 149 cm³/mol. The summed E-state index contributed by atoms with van der Waals surface area (Å²) in [7, 11) is 2.94. The Morgan fingerprint density at radius 1 is 0.974 bits per heavy atom. The number of amidine groups is 1. The molecule has 1 saturated heterocycles. The molecule has 4 rings (SSSR count). The third-order valence-electron chi connectivity index (χ3n) is 6.43. The van der Waals surface area contributed by atoms with Crippen LogP contribution >= 0.6 is 23.2 Å². The van der Waals surface area contributed by atoms with E-state index in [2.05, 4.69) is 5.32 Å². The smallest absolute Gasteiger partial charge is 0.260 e. The Labute approximate surface area is 230 Å². The zero-order valence-electron chi connectivity index (χ0n) is 21.0. The summed E-state index contributed by atoms with van der Waals surface area (Å²) in [6, 6.07) is 13.6. The van der Waals surface area contributed by atoms with Gasteiger partial charge in [0.15, 0.2) is 0 Å². The van der Waals surface area contributed by atoms with Gasteiger partial charge in [-0.2, -0.15) is 0 Å². The Kier molecular flexibility index (Phi) is 8.54. The molecule has 38 heavy (non-hydrogen) atoms. The van der Waals surface area contributed by atoms with E-state index in [1.54, 1.807) is 37.4 Å². The number of hydrogen-bond donors (Lipinski definition) is 2. The van der Waals surface area contributed by atoms with Crippen molar-refractivity contribution in [2.45, 2.75) is 19.3 Å². The predicted octanol–water partition coefficient (Wildman–Crippen LogP) is 6.48. The summed E-state index contributed by atoms with van der Waals surface area (Å²) >= 11 is 12.2. The van der Waals surface area contributed by atoms with Gasteiger partial charge in [-0.3, -0.25) is 15.0 Å². The minimum absolute atomic E-state index is 0.0530. The third-order valence-corrected chi connectivity index (χ3v) is 6.90. The van der Waals surface area contributed by atoms with E-state index in [-0.39, 0.29) is 33.4 Å². The highest BCUT2D eigenvalue weighted by Gasteiger charge is 2.25. The fraction of sp³-hybridized carbons (Fsp3) is 0.250. The Morgan fingerprint density at radius 2 is 1.66 bits per heavy atom. The van der Waals surface area contributed by atoms with E-state index in [1.165, 1.54) is 36.3 Å². The van der Waals surface area contributed by atoms with Crippen LogP contribution in [-0.4, -0.2) is 49.8 Å². The molecule has 0 bridgehead atoms. The van der Waals surface area contributed by atoms with E-state index >= 15 is 4.39 Å². The van der Waals surface area contributed by atoms with Crippen molar-refractivity contribution in [3.05, 3.63) is 87.2 Å². The number of rotatable bonds is 6. The third kappa shape index (κ3) is 5.92. The van der Waals surface area contributed by atoms with Crippen LogP contribution in [0.15, 0.2) is 54.6 Å². The van der Waals surface area contributed by atoms with Gasteiger partial charge in [-0.1, -0.05) is 29.3 Å². The first-order chi connectivity index (χ1) is 18.2. The van der Waals surface area contributed by atoms with Crippen molar-refractivity contribution in [3.63, 3.8) is 0 Å². The molecule has 198 valence electrons. The average molecular weight is 557 g/mol. The van der Waals surface area contributed by atoms with Crippen LogP contribution in [0.2, 0.25) is 10.0 Å². The molecule has 0 atom stereocenters. The second-order valence-corrected chi connectivity index (χ2v) is 9.79. The number of anilines is 2. The number of piperidine rings is 1. The summed E-state index contributed by atoms with van der Waals surface area (Å²) in [5.41, 5.74) is 0.835. The lowest BCUT2D eigenvalue weighted by molar-refractivity contribution is 0.0993. The molecule has 1 fully saturated rings. The molecule has 0 aromatic heterocycles. The second kappa shape index (κ2) is 11.8. The molecular formula is C28H27Cl2FN4O3. The highest BCUT2D eigenvalue weighted by molar-refractivity contribution is 6.32. The molecule has 0 radical (unpaired) electrons. The Hall–Kier alpha value is -3.62. The molecule has 1 aliphatic rings. The van der Waals surface area contributed by atoms with Crippen molar-refractivity contribution in [1.82, 2.24) is 4.90 Å². The maximum Gasteiger partial charge on any atom is 0.260 e. The first-order valence-corrected chi connectivity index (χ1v) is 12.8. The lowest BCUT2D eigenvalue weighted by Crippen LogP contribution is -2.35. The lowest BCUT2D eigenvalue weighted by Gasteiger charge is -2.29. The van der Waals surface area contributed by atoms with Crippen LogP contribution in [-0.2, 0) is 0 Å². The number of carbonyl (C=O) groups is 2. The van der Waals surface area contributed by atoms with Gasteiger partial charge in [-0.05, 0) is 61.7 Å². The van der Waals surface area contributed by atoms with Crippen LogP contribution < -0.4 is 15.0 Å². The van der Waals surface area contributed by atoms with Crippen molar-refractivity contribution in [2.24, 2.45) is 0 Å². The summed E-state index contributed by atoms with van der Waals surface area (Å²) < 4.78 is 20.5. The number of ether oxygens (including phenoxy) is 1. The molecule has 0 saturated carbocycles. The number of nitrogens with one attached hydrogen (secondary N) is 2. The van der Waals surface area contributed by atoms with Crippen molar-refractivity contribution < 1.29 is 18.7 Å². The van der Waals surface area contributed by atoms with Crippen molar-refractivity contribution >= 4 is 52.2 Å². The van der Waals surface area contributed by atoms with Gasteiger partial charge in [0, 0.05) is 47.5 Å². The van der Waals surface area contributed by atoms with E-state index in [9.17, 15) is 9.59 Å². The van der Waals surface area contributed by atoms with E-state index in [1.807, 2.05) is 4.90 Å². The van der Waals surface area contributed by atoms with Gasteiger partial charge in [-0.25, -0.2) is 4.39 Å². The molecule has 0 spiro atoms. The van der Waals surface area contributed by atoms with Crippen molar-refractivity contribution in [1.29, 1.82) is 5.41 Å². The molecule has 2 N–H and O–H groups in total.